The smallest absolute Gasteiger partial charge is 0.237 e. The molecule has 3 nitrogen and oxygen atoms in total. The second-order valence-electron chi connectivity index (χ2n) is 5.45. The van der Waals surface area contributed by atoms with Crippen molar-refractivity contribution in [3.63, 3.8) is 0 Å². The van der Waals surface area contributed by atoms with E-state index in [9.17, 15) is 4.79 Å². The molecular formula is C16H26N2OS. The summed E-state index contributed by atoms with van der Waals surface area (Å²) >= 11 is 1.85. The van der Waals surface area contributed by atoms with Crippen molar-refractivity contribution in [1.29, 1.82) is 0 Å². The summed E-state index contributed by atoms with van der Waals surface area (Å²) in [6.45, 7) is 8.88. The highest BCUT2D eigenvalue weighted by Crippen LogP contribution is 2.25. The van der Waals surface area contributed by atoms with Crippen molar-refractivity contribution in [2.24, 2.45) is 5.73 Å². The molecule has 112 valence electrons. The summed E-state index contributed by atoms with van der Waals surface area (Å²) in [7, 11) is 0. The lowest BCUT2D eigenvalue weighted by Crippen LogP contribution is -2.53. The number of carbonyl (C=O) groups is 1. The van der Waals surface area contributed by atoms with Gasteiger partial charge in [0.05, 0.1) is 5.54 Å². The summed E-state index contributed by atoms with van der Waals surface area (Å²) < 4.78 is 0. The Hall–Kier alpha value is -1.00. The molecule has 3 N–H and O–H groups in total. The molecule has 20 heavy (non-hydrogen) atoms. The maximum absolute atomic E-state index is 11.5. The molecule has 1 amide bonds. The van der Waals surface area contributed by atoms with E-state index in [4.69, 9.17) is 5.73 Å². The molecule has 1 unspecified atom stereocenters. The Morgan fingerprint density at radius 2 is 2.10 bits per heavy atom. The number of benzene rings is 1. The highest BCUT2D eigenvalue weighted by molar-refractivity contribution is 7.99. The molecule has 0 aliphatic rings. The van der Waals surface area contributed by atoms with Gasteiger partial charge in [-0.3, -0.25) is 4.79 Å². The lowest BCUT2D eigenvalue weighted by molar-refractivity contribution is -0.124. The van der Waals surface area contributed by atoms with Gasteiger partial charge in [-0.1, -0.05) is 24.6 Å². The van der Waals surface area contributed by atoms with Crippen LogP contribution in [0.4, 0.5) is 0 Å². The normalized spacial score (nSPS) is 14.0. The van der Waals surface area contributed by atoms with Crippen LogP contribution in [0.2, 0.25) is 0 Å². The highest BCUT2D eigenvalue weighted by Gasteiger charge is 2.28. The summed E-state index contributed by atoms with van der Waals surface area (Å²) in [6, 6.07) is 6.51. The number of nitrogens with one attached hydrogen (secondary N) is 1. The predicted molar refractivity (Wildman–Crippen MR) is 87.2 cm³/mol. The van der Waals surface area contributed by atoms with E-state index in [0.717, 1.165) is 25.1 Å². The topological polar surface area (TPSA) is 55.1 Å². The number of rotatable bonds is 8. The highest BCUT2D eigenvalue weighted by atomic mass is 32.2. The molecule has 1 rings (SSSR count). The molecule has 0 aliphatic carbocycles. The first-order valence-corrected chi connectivity index (χ1v) is 8.12. The lowest BCUT2D eigenvalue weighted by atomic mass is 9.95. The monoisotopic (exact) mass is 294 g/mol. The quantitative estimate of drug-likeness (QED) is 0.572. The zero-order valence-electron chi connectivity index (χ0n) is 13.0. The molecule has 0 spiro atoms. The van der Waals surface area contributed by atoms with Crippen LogP contribution in [0.3, 0.4) is 0 Å². The maximum atomic E-state index is 11.5. The molecule has 0 aliphatic heterocycles. The number of thioether (sulfide) groups is 1. The van der Waals surface area contributed by atoms with Gasteiger partial charge in [-0.25, -0.2) is 0 Å². The average molecular weight is 294 g/mol. The van der Waals surface area contributed by atoms with Gasteiger partial charge in [-0.2, -0.15) is 0 Å². The van der Waals surface area contributed by atoms with Crippen LogP contribution in [0.5, 0.6) is 0 Å². The summed E-state index contributed by atoms with van der Waals surface area (Å²) in [5, 5.41) is 3.19. The van der Waals surface area contributed by atoms with E-state index in [-0.39, 0.29) is 5.91 Å². The number of aryl methyl sites for hydroxylation is 2. The van der Waals surface area contributed by atoms with Gasteiger partial charge >= 0.3 is 0 Å². The maximum Gasteiger partial charge on any atom is 0.237 e. The molecule has 0 fully saturated rings. The molecular weight excluding hydrogens is 268 g/mol. The minimum Gasteiger partial charge on any atom is -0.368 e. The minimum atomic E-state index is -0.586. The van der Waals surface area contributed by atoms with Crippen molar-refractivity contribution in [3.05, 3.63) is 29.3 Å². The Morgan fingerprint density at radius 3 is 2.70 bits per heavy atom. The summed E-state index contributed by atoms with van der Waals surface area (Å²) in [5.74, 6) is 0.731. The molecule has 4 heteroatoms. The third-order valence-electron chi connectivity index (χ3n) is 3.53. The van der Waals surface area contributed by atoms with E-state index < -0.39 is 5.54 Å². The van der Waals surface area contributed by atoms with Crippen LogP contribution in [0, 0.1) is 13.8 Å². The molecule has 1 aromatic carbocycles. The minimum absolute atomic E-state index is 0.268. The summed E-state index contributed by atoms with van der Waals surface area (Å²) in [4.78, 5) is 12.9. The van der Waals surface area contributed by atoms with Gasteiger partial charge in [0.1, 0.15) is 0 Å². The number of carbonyl (C=O) groups excluding carboxylic acids is 1. The SMILES string of the molecule is CCNC(C)(CCCSc1cc(C)ccc1C)C(N)=O. The van der Waals surface area contributed by atoms with Gasteiger partial charge in [0.2, 0.25) is 5.91 Å². The summed E-state index contributed by atoms with van der Waals surface area (Å²) in [5.41, 5.74) is 7.49. The van der Waals surface area contributed by atoms with Crippen molar-refractivity contribution < 1.29 is 4.79 Å². The predicted octanol–water partition coefficient (Wildman–Crippen LogP) is 3.03. The van der Waals surface area contributed by atoms with Crippen LogP contribution in [0.1, 0.15) is 37.8 Å². The van der Waals surface area contributed by atoms with E-state index in [1.54, 1.807) is 0 Å². The Kier molecular flexibility index (Phi) is 6.56. The zero-order valence-corrected chi connectivity index (χ0v) is 13.8. The van der Waals surface area contributed by atoms with Crippen LogP contribution in [-0.4, -0.2) is 23.7 Å². The van der Waals surface area contributed by atoms with Gasteiger partial charge < -0.3 is 11.1 Å². The van der Waals surface area contributed by atoms with Gasteiger partial charge in [0, 0.05) is 4.90 Å². The fourth-order valence-corrected chi connectivity index (χ4v) is 3.23. The van der Waals surface area contributed by atoms with E-state index >= 15 is 0 Å². The molecule has 1 atom stereocenters. The second kappa shape index (κ2) is 7.70. The number of hydrogen-bond acceptors (Lipinski definition) is 3. The Labute approximate surface area is 126 Å². The largest absolute Gasteiger partial charge is 0.368 e. The van der Waals surface area contributed by atoms with Gasteiger partial charge in [-0.05, 0) is 57.5 Å². The molecule has 0 heterocycles. The third kappa shape index (κ3) is 4.84. The molecule has 0 bridgehead atoms. The fourth-order valence-electron chi connectivity index (χ4n) is 2.16. The first-order valence-electron chi connectivity index (χ1n) is 7.14. The summed E-state index contributed by atoms with van der Waals surface area (Å²) in [6.07, 6.45) is 1.73. The van der Waals surface area contributed by atoms with E-state index in [1.165, 1.54) is 16.0 Å². The van der Waals surface area contributed by atoms with Crippen LogP contribution < -0.4 is 11.1 Å². The Balaban J connectivity index is 2.48. The number of nitrogens with two attached hydrogens (primary N) is 1. The molecule has 0 radical (unpaired) electrons. The number of primary amides is 1. The van der Waals surface area contributed by atoms with Crippen molar-refractivity contribution in [2.75, 3.05) is 12.3 Å². The average Bonchev–Trinajstić information content (AvgIpc) is 2.38. The van der Waals surface area contributed by atoms with Crippen LogP contribution in [-0.2, 0) is 4.79 Å². The lowest BCUT2D eigenvalue weighted by Gasteiger charge is -2.26. The standard InChI is InChI=1S/C16H26N2OS/c1-5-18-16(4,15(17)19)9-6-10-20-14-11-12(2)7-8-13(14)3/h7-8,11,18H,5-6,9-10H2,1-4H3,(H2,17,19). The van der Waals surface area contributed by atoms with Crippen LogP contribution >= 0.6 is 11.8 Å². The van der Waals surface area contributed by atoms with Crippen molar-refractivity contribution in [1.82, 2.24) is 5.32 Å². The molecule has 0 saturated heterocycles. The van der Waals surface area contributed by atoms with E-state index in [0.29, 0.717) is 0 Å². The van der Waals surface area contributed by atoms with E-state index in [1.807, 2.05) is 25.6 Å². The van der Waals surface area contributed by atoms with Crippen molar-refractivity contribution >= 4 is 17.7 Å². The zero-order chi connectivity index (χ0) is 15.2. The number of likely N-dealkylation sites (N-methyl/N-ethyl adjacent to an activating group) is 1. The van der Waals surface area contributed by atoms with Gasteiger partial charge in [0.15, 0.2) is 0 Å². The number of amides is 1. The molecule has 0 aromatic heterocycles. The van der Waals surface area contributed by atoms with Gasteiger partial charge in [0.25, 0.3) is 0 Å². The first-order chi connectivity index (χ1) is 9.39. The Bertz CT molecular complexity index is 462. The second-order valence-corrected chi connectivity index (χ2v) is 6.58. The first kappa shape index (κ1) is 17.1. The van der Waals surface area contributed by atoms with Crippen LogP contribution in [0.15, 0.2) is 23.1 Å². The number of hydrogen-bond donors (Lipinski definition) is 2. The molecule has 1 aromatic rings. The fraction of sp³-hybridized carbons (Fsp3) is 0.562. The van der Waals surface area contributed by atoms with E-state index in [2.05, 4.69) is 37.4 Å². The third-order valence-corrected chi connectivity index (χ3v) is 4.78. The van der Waals surface area contributed by atoms with Crippen LogP contribution in [0.25, 0.3) is 0 Å². The van der Waals surface area contributed by atoms with Gasteiger partial charge in [-0.15, -0.1) is 11.8 Å². The van der Waals surface area contributed by atoms with Crippen molar-refractivity contribution in [2.45, 2.75) is 51.0 Å². The Morgan fingerprint density at radius 1 is 1.40 bits per heavy atom. The molecule has 0 saturated carbocycles. The van der Waals surface area contributed by atoms with Crippen molar-refractivity contribution in [3.8, 4) is 0 Å².